The highest BCUT2D eigenvalue weighted by Crippen LogP contribution is 2.20. The van der Waals surface area contributed by atoms with E-state index in [9.17, 15) is 0 Å². The molecule has 4 nitrogen and oxygen atoms in total. The Bertz CT molecular complexity index is 397. The Labute approximate surface area is 116 Å². The second-order valence-corrected chi connectivity index (χ2v) is 5.21. The lowest BCUT2D eigenvalue weighted by Gasteiger charge is -2.24. The SMILES string of the molecule is CCNC(C)c1ccnc(N2CCCOC(C)C2)c1. The van der Waals surface area contributed by atoms with E-state index in [1.807, 2.05) is 6.20 Å². The van der Waals surface area contributed by atoms with Gasteiger partial charge in [0.2, 0.25) is 0 Å². The predicted octanol–water partition coefficient (Wildman–Crippen LogP) is 2.37. The molecular weight excluding hydrogens is 238 g/mol. The molecule has 2 rings (SSSR count). The Morgan fingerprint density at radius 1 is 1.58 bits per heavy atom. The standard InChI is InChI=1S/C15H25N3O/c1-4-16-13(3)14-6-7-17-15(10-14)18-8-5-9-19-12(2)11-18/h6-7,10,12-13,16H,4-5,8-9,11H2,1-3H3. The van der Waals surface area contributed by atoms with Gasteiger partial charge < -0.3 is 15.0 Å². The maximum absolute atomic E-state index is 5.69. The Morgan fingerprint density at radius 3 is 3.21 bits per heavy atom. The van der Waals surface area contributed by atoms with E-state index < -0.39 is 0 Å². The Morgan fingerprint density at radius 2 is 2.42 bits per heavy atom. The van der Waals surface area contributed by atoms with Crippen LogP contribution in [0, 0.1) is 0 Å². The van der Waals surface area contributed by atoms with Crippen LogP contribution in [0.2, 0.25) is 0 Å². The summed E-state index contributed by atoms with van der Waals surface area (Å²) in [5, 5.41) is 3.44. The van der Waals surface area contributed by atoms with E-state index in [4.69, 9.17) is 4.74 Å². The number of ether oxygens (including phenoxy) is 1. The summed E-state index contributed by atoms with van der Waals surface area (Å²) in [6, 6.07) is 4.66. The molecule has 1 aliphatic heterocycles. The highest BCUT2D eigenvalue weighted by Gasteiger charge is 2.17. The molecule has 0 aromatic carbocycles. The summed E-state index contributed by atoms with van der Waals surface area (Å²) >= 11 is 0. The molecule has 1 aliphatic rings. The van der Waals surface area contributed by atoms with Gasteiger partial charge in [0.25, 0.3) is 0 Å². The van der Waals surface area contributed by atoms with Gasteiger partial charge in [-0.05, 0) is 44.5 Å². The maximum atomic E-state index is 5.69. The largest absolute Gasteiger partial charge is 0.377 e. The van der Waals surface area contributed by atoms with Crippen LogP contribution in [0.15, 0.2) is 18.3 Å². The first-order valence-electron chi connectivity index (χ1n) is 7.26. The number of rotatable bonds is 4. The Balaban J connectivity index is 2.12. The Hall–Kier alpha value is -1.13. The molecule has 0 aliphatic carbocycles. The van der Waals surface area contributed by atoms with Crippen molar-refractivity contribution >= 4 is 5.82 Å². The van der Waals surface area contributed by atoms with Crippen molar-refractivity contribution in [3.63, 3.8) is 0 Å². The molecule has 1 N–H and O–H groups in total. The van der Waals surface area contributed by atoms with Crippen molar-refractivity contribution in [2.24, 2.45) is 0 Å². The summed E-state index contributed by atoms with van der Waals surface area (Å²) < 4.78 is 5.69. The molecular formula is C15H25N3O. The van der Waals surface area contributed by atoms with E-state index in [0.717, 1.165) is 38.5 Å². The van der Waals surface area contributed by atoms with Crippen molar-refractivity contribution in [1.29, 1.82) is 0 Å². The van der Waals surface area contributed by atoms with Crippen LogP contribution in [0.25, 0.3) is 0 Å². The van der Waals surface area contributed by atoms with Crippen LogP contribution < -0.4 is 10.2 Å². The van der Waals surface area contributed by atoms with Gasteiger partial charge in [-0.15, -0.1) is 0 Å². The van der Waals surface area contributed by atoms with Crippen LogP contribution in [0.1, 0.15) is 38.8 Å². The zero-order valence-electron chi connectivity index (χ0n) is 12.2. The first-order valence-corrected chi connectivity index (χ1v) is 7.26. The van der Waals surface area contributed by atoms with Gasteiger partial charge in [0.05, 0.1) is 6.10 Å². The van der Waals surface area contributed by atoms with Crippen molar-refractivity contribution in [1.82, 2.24) is 10.3 Å². The molecule has 0 amide bonds. The van der Waals surface area contributed by atoms with Crippen LogP contribution in [-0.4, -0.2) is 37.3 Å². The normalized spacial score (nSPS) is 22.1. The average Bonchev–Trinajstić information content (AvgIpc) is 2.64. The highest BCUT2D eigenvalue weighted by atomic mass is 16.5. The van der Waals surface area contributed by atoms with E-state index in [1.54, 1.807) is 0 Å². The van der Waals surface area contributed by atoms with Gasteiger partial charge in [-0.2, -0.15) is 0 Å². The molecule has 2 heterocycles. The molecule has 2 unspecified atom stereocenters. The summed E-state index contributed by atoms with van der Waals surface area (Å²) in [5.74, 6) is 1.07. The molecule has 1 aromatic rings. The second kappa shape index (κ2) is 6.87. The maximum Gasteiger partial charge on any atom is 0.128 e. The molecule has 1 fully saturated rings. The number of hydrogen-bond donors (Lipinski definition) is 1. The van der Waals surface area contributed by atoms with Crippen molar-refractivity contribution in [3.8, 4) is 0 Å². The Kier molecular flexibility index (Phi) is 5.16. The third kappa shape index (κ3) is 3.91. The molecule has 0 bridgehead atoms. The molecule has 0 saturated carbocycles. The van der Waals surface area contributed by atoms with Crippen molar-refractivity contribution in [2.45, 2.75) is 39.3 Å². The fourth-order valence-corrected chi connectivity index (χ4v) is 2.50. The van der Waals surface area contributed by atoms with Gasteiger partial charge in [0.1, 0.15) is 5.82 Å². The van der Waals surface area contributed by atoms with Gasteiger partial charge >= 0.3 is 0 Å². The molecule has 4 heteroatoms. The van der Waals surface area contributed by atoms with Gasteiger partial charge in [0, 0.05) is 31.9 Å². The van der Waals surface area contributed by atoms with E-state index in [2.05, 4.69) is 48.1 Å². The van der Waals surface area contributed by atoms with Gasteiger partial charge in [0.15, 0.2) is 0 Å². The third-order valence-corrected chi connectivity index (χ3v) is 3.56. The van der Waals surface area contributed by atoms with E-state index in [1.165, 1.54) is 5.56 Å². The van der Waals surface area contributed by atoms with E-state index in [-0.39, 0.29) is 6.10 Å². The zero-order valence-corrected chi connectivity index (χ0v) is 12.2. The summed E-state index contributed by atoms with van der Waals surface area (Å²) in [6.07, 6.45) is 3.26. The molecule has 1 aromatic heterocycles. The van der Waals surface area contributed by atoms with Gasteiger partial charge in [-0.1, -0.05) is 6.92 Å². The van der Waals surface area contributed by atoms with Crippen LogP contribution in [0.4, 0.5) is 5.82 Å². The van der Waals surface area contributed by atoms with Crippen molar-refractivity contribution in [2.75, 3.05) is 31.1 Å². The second-order valence-electron chi connectivity index (χ2n) is 5.21. The first kappa shape index (κ1) is 14.3. The average molecular weight is 263 g/mol. The topological polar surface area (TPSA) is 37.4 Å². The van der Waals surface area contributed by atoms with E-state index in [0.29, 0.717) is 6.04 Å². The van der Waals surface area contributed by atoms with Crippen molar-refractivity contribution in [3.05, 3.63) is 23.9 Å². The minimum Gasteiger partial charge on any atom is -0.377 e. The molecule has 106 valence electrons. The zero-order chi connectivity index (χ0) is 13.7. The first-order chi connectivity index (χ1) is 9.20. The van der Waals surface area contributed by atoms with Crippen molar-refractivity contribution < 1.29 is 4.74 Å². The number of nitrogens with one attached hydrogen (secondary N) is 1. The fraction of sp³-hybridized carbons (Fsp3) is 0.667. The van der Waals surface area contributed by atoms with Gasteiger partial charge in [-0.3, -0.25) is 0 Å². The lowest BCUT2D eigenvalue weighted by molar-refractivity contribution is 0.0820. The quantitative estimate of drug-likeness (QED) is 0.905. The minimum absolute atomic E-state index is 0.277. The lowest BCUT2D eigenvalue weighted by Crippen LogP contribution is -2.31. The summed E-state index contributed by atoms with van der Waals surface area (Å²) in [7, 11) is 0. The summed E-state index contributed by atoms with van der Waals surface area (Å²) in [5.41, 5.74) is 1.30. The summed E-state index contributed by atoms with van der Waals surface area (Å²) in [6.45, 7) is 10.2. The van der Waals surface area contributed by atoms with Crippen LogP contribution in [-0.2, 0) is 4.74 Å². The predicted molar refractivity (Wildman–Crippen MR) is 78.6 cm³/mol. The lowest BCUT2D eigenvalue weighted by atomic mass is 10.1. The third-order valence-electron chi connectivity index (χ3n) is 3.56. The smallest absolute Gasteiger partial charge is 0.128 e. The molecule has 1 saturated heterocycles. The molecule has 19 heavy (non-hydrogen) atoms. The fourth-order valence-electron chi connectivity index (χ4n) is 2.50. The van der Waals surface area contributed by atoms with Crippen LogP contribution >= 0.6 is 0 Å². The van der Waals surface area contributed by atoms with Crippen LogP contribution in [0.5, 0.6) is 0 Å². The highest BCUT2D eigenvalue weighted by molar-refractivity contribution is 5.42. The molecule has 0 spiro atoms. The molecule has 2 atom stereocenters. The minimum atomic E-state index is 0.277. The number of aromatic nitrogens is 1. The number of nitrogens with zero attached hydrogens (tertiary/aromatic N) is 2. The number of pyridine rings is 1. The van der Waals surface area contributed by atoms with Crippen LogP contribution in [0.3, 0.4) is 0 Å². The summed E-state index contributed by atoms with van der Waals surface area (Å²) in [4.78, 5) is 6.86. The van der Waals surface area contributed by atoms with E-state index >= 15 is 0 Å². The monoisotopic (exact) mass is 263 g/mol. The molecule has 0 radical (unpaired) electrons. The van der Waals surface area contributed by atoms with Gasteiger partial charge in [-0.25, -0.2) is 4.98 Å². The number of hydrogen-bond acceptors (Lipinski definition) is 4. The number of anilines is 1.